The molecule has 4 aromatic rings. The van der Waals surface area contributed by atoms with Crippen LogP contribution < -0.4 is 0 Å². The first-order valence-corrected chi connectivity index (χ1v) is 7.96. The molecule has 0 aliphatic heterocycles. The molecule has 4 rings (SSSR count). The van der Waals surface area contributed by atoms with E-state index in [-0.39, 0.29) is 5.78 Å². The summed E-state index contributed by atoms with van der Waals surface area (Å²) in [6.45, 7) is 0.291. The lowest BCUT2D eigenvalue weighted by atomic mass is 10.1. The first-order valence-electron chi connectivity index (χ1n) is 7.59. The van der Waals surface area contributed by atoms with Gasteiger partial charge in [-0.2, -0.15) is 0 Å². The maximum atomic E-state index is 13.1. The number of fused-ring (bicyclic) bond motifs is 2. The van der Waals surface area contributed by atoms with Gasteiger partial charge in [0, 0.05) is 23.4 Å². The molecule has 0 saturated carbocycles. The van der Waals surface area contributed by atoms with Crippen LogP contribution in [-0.4, -0.2) is 22.4 Å². The highest BCUT2D eigenvalue weighted by atomic mass is 35.5. The van der Waals surface area contributed by atoms with Crippen LogP contribution in [0.15, 0.2) is 54.6 Å². The smallest absolute Gasteiger partial charge is 0.212 e. The summed E-state index contributed by atoms with van der Waals surface area (Å²) in [5.74, 6) is -0.123. The zero-order valence-electron chi connectivity index (χ0n) is 13.0. The van der Waals surface area contributed by atoms with Gasteiger partial charge in [0.1, 0.15) is 11.9 Å². The van der Waals surface area contributed by atoms with Gasteiger partial charge >= 0.3 is 0 Å². The van der Waals surface area contributed by atoms with Crippen LogP contribution in [-0.2, 0) is 11.5 Å². The average molecular weight is 339 g/mol. The molecule has 0 unspecified atom stereocenters. The number of nitrogens with zero attached hydrogens (tertiary/aromatic N) is 1. The van der Waals surface area contributed by atoms with Crippen LogP contribution in [0.5, 0.6) is 0 Å². The van der Waals surface area contributed by atoms with E-state index in [9.17, 15) is 4.79 Å². The van der Waals surface area contributed by atoms with E-state index < -0.39 is 0 Å². The highest BCUT2D eigenvalue weighted by Crippen LogP contribution is 2.32. The van der Waals surface area contributed by atoms with Gasteiger partial charge in [-0.1, -0.05) is 48.0 Å². The Labute approximate surface area is 143 Å². The van der Waals surface area contributed by atoms with Gasteiger partial charge in [0.2, 0.25) is 5.78 Å². The Bertz CT molecular complexity index is 1030. The lowest BCUT2D eigenvalue weighted by Gasteiger charge is -2.04. The fourth-order valence-corrected chi connectivity index (χ4v) is 3.40. The van der Waals surface area contributed by atoms with Crippen LogP contribution >= 0.6 is 11.6 Å². The van der Waals surface area contributed by atoms with Crippen LogP contribution in [0.25, 0.3) is 21.8 Å². The van der Waals surface area contributed by atoms with Gasteiger partial charge in [-0.15, -0.1) is 0 Å². The fraction of sp³-hybridized carbons (Fsp3) is 0.105. The standard InChI is InChI=1S/C19H15ClN2O2/c1-24-11-22-16-9-5-3-7-13(16)17(19(22)20)18(23)15-10-12-6-2-4-8-14(12)21-15/h2-10,21H,11H2,1H3. The Morgan fingerprint density at radius 1 is 1.17 bits per heavy atom. The van der Waals surface area contributed by atoms with Crippen molar-refractivity contribution in [3.05, 3.63) is 71.0 Å². The average Bonchev–Trinajstić information content (AvgIpc) is 3.15. The van der Waals surface area contributed by atoms with Crippen molar-refractivity contribution in [3.63, 3.8) is 0 Å². The maximum absolute atomic E-state index is 13.1. The topological polar surface area (TPSA) is 47.0 Å². The number of carbonyl (C=O) groups excluding carboxylic acids is 1. The number of ketones is 1. The molecule has 0 amide bonds. The normalized spacial score (nSPS) is 11.4. The third kappa shape index (κ3) is 2.23. The Kier molecular flexibility index (Phi) is 3.63. The molecule has 2 aromatic heterocycles. The number of hydrogen-bond donors (Lipinski definition) is 1. The SMILES string of the molecule is COCn1c(Cl)c(C(=O)c2cc3ccccc3[nH]2)c2ccccc21. The molecular weight excluding hydrogens is 324 g/mol. The van der Waals surface area contributed by atoms with Crippen molar-refractivity contribution in [2.24, 2.45) is 0 Å². The molecule has 0 aliphatic carbocycles. The minimum absolute atomic E-state index is 0.123. The number of H-pyrrole nitrogens is 1. The zero-order valence-corrected chi connectivity index (χ0v) is 13.8. The maximum Gasteiger partial charge on any atom is 0.212 e. The van der Waals surface area contributed by atoms with Crippen molar-refractivity contribution in [3.8, 4) is 0 Å². The number of aromatic amines is 1. The van der Waals surface area contributed by atoms with Gasteiger partial charge in [-0.25, -0.2) is 0 Å². The summed E-state index contributed by atoms with van der Waals surface area (Å²) in [4.78, 5) is 16.3. The molecule has 1 N–H and O–H groups in total. The zero-order chi connectivity index (χ0) is 16.7. The highest BCUT2D eigenvalue weighted by Gasteiger charge is 2.23. The summed E-state index contributed by atoms with van der Waals surface area (Å²) in [7, 11) is 1.60. The van der Waals surface area contributed by atoms with Crippen LogP contribution in [0.1, 0.15) is 16.1 Å². The minimum atomic E-state index is -0.123. The number of halogens is 1. The van der Waals surface area contributed by atoms with Gasteiger partial charge in [0.15, 0.2) is 0 Å². The minimum Gasteiger partial charge on any atom is -0.364 e. The Morgan fingerprint density at radius 3 is 2.71 bits per heavy atom. The molecule has 5 heteroatoms. The van der Waals surface area contributed by atoms with Gasteiger partial charge in [-0.3, -0.25) is 4.79 Å². The third-order valence-corrected chi connectivity index (χ3v) is 4.56. The Morgan fingerprint density at radius 2 is 1.92 bits per heavy atom. The van der Waals surface area contributed by atoms with Crippen molar-refractivity contribution >= 4 is 39.2 Å². The van der Waals surface area contributed by atoms with E-state index in [1.165, 1.54) is 0 Å². The first-order chi connectivity index (χ1) is 11.7. The molecular formula is C19H15ClN2O2. The number of rotatable bonds is 4. The summed E-state index contributed by atoms with van der Waals surface area (Å²) in [6.07, 6.45) is 0. The number of aromatic nitrogens is 2. The molecule has 0 atom stereocenters. The van der Waals surface area contributed by atoms with Crippen molar-refractivity contribution in [2.45, 2.75) is 6.73 Å². The molecule has 0 radical (unpaired) electrons. The molecule has 4 nitrogen and oxygen atoms in total. The molecule has 2 aromatic carbocycles. The number of methoxy groups -OCH3 is 1. The number of nitrogens with one attached hydrogen (secondary N) is 1. The van der Waals surface area contributed by atoms with Crippen molar-refractivity contribution in [2.75, 3.05) is 7.11 Å². The lowest BCUT2D eigenvalue weighted by Crippen LogP contribution is -2.04. The van der Waals surface area contributed by atoms with Gasteiger partial charge < -0.3 is 14.3 Å². The van der Waals surface area contributed by atoms with Crippen LogP contribution in [0.4, 0.5) is 0 Å². The third-order valence-electron chi connectivity index (χ3n) is 4.17. The van der Waals surface area contributed by atoms with Gasteiger partial charge in [-0.05, 0) is 18.2 Å². The van der Waals surface area contributed by atoms with E-state index in [1.807, 2.05) is 54.6 Å². The van der Waals surface area contributed by atoms with E-state index in [0.29, 0.717) is 23.1 Å². The van der Waals surface area contributed by atoms with Gasteiger partial charge in [0.05, 0.1) is 16.8 Å². The second kappa shape index (κ2) is 5.82. The second-order valence-corrected chi connectivity index (χ2v) is 5.99. The quantitative estimate of drug-likeness (QED) is 0.552. The van der Waals surface area contributed by atoms with Crippen molar-refractivity contribution in [1.82, 2.24) is 9.55 Å². The first kappa shape index (κ1) is 15.0. The van der Waals surface area contributed by atoms with Crippen LogP contribution in [0.3, 0.4) is 0 Å². The number of benzene rings is 2. The predicted octanol–water partition coefficient (Wildman–Crippen LogP) is 4.61. The summed E-state index contributed by atoms with van der Waals surface area (Å²) >= 11 is 6.52. The van der Waals surface area contributed by atoms with Crippen LogP contribution in [0.2, 0.25) is 5.15 Å². The molecule has 24 heavy (non-hydrogen) atoms. The van der Waals surface area contributed by atoms with E-state index in [4.69, 9.17) is 16.3 Å². The largest absolute Gasteiger partial charge is 0.364 e. The van der Waals surface area contributed by atoms with Crippen molar-refractivity contribution in [1.29, 1.82) is 0 Å². The molecule has 0 saturated heterocycles. The summed E-state index contributed by atoms with van der Waals surface area (Å²) in [6, 6.07) is 17.3. The van der Waals surface area contributed by atoms with Gasteiger partial charge in [0.25, 0.3) is 0 Å². The summed E-state index contributed by atoms with van der Waals surface area (Å²) in [5, 5.41) is 2.21. The molecule has 0 bridgehead atoms. The van der Waals surface area contributed by atoms with E-state index in [1.54, 1.807) is 11.7 Å². The predicted molar refractivity (Wildman–Crippen MR) is 95.7 cm³/mol. The van der Waals surface area contributed by atoms with E-state index >= 15 is 0 Å². The Balaban J connectivity index is 1.92. The fourth-order valence-electron chi connectivity index (χ4n) is 3.07. The van der Waals surface area contributed by atoms with Crippen LogP contribution in [0, 0.1) is 0 Å². The summed E-state index contributed by atoms with van der Waals surface area (Å²) < 4.78 is 7.02. The van der Waals surface area contributed by atoms with E-state index in [0.717, 1.165) is 21.8 Å². The number of carbonyl (C=O) groups is 1. The summed E-state index contributed by atoms with van der Waals surface area (Å²) in [5.41, 5.74) is 2.83. The van der Waals surface area contributed by atoms with E-state index in [2.05, 4.69) is 4.98 Å². The highest BCUT2D eigenvalue weighted by molar-refractivity contribution is 6.37. The van der Waals surface area contributed by atoms with Crippen molar-refractivity contribution < 1.29 is 9.53 Å². The molecule has 0 fully saturated rings. The Hall–Kier alpha value is -2.56. The number of para-hydroxylation sites is 2. The monoisotopic (exact) mass is 338 g/mol. The molecule has 120 valence electrons. The molecule has 0 spiro atoms. The molecule has 2 heterocycles. The second-order valence-electron chi connectivity index (χ2n) is 5.63. The number of ether oxygens (including phenoxy) is 1. The lowest BCUT2D eigenvalue weighted by molar-refractivity contribution is 0.103. The number of hydrogen-bond acceptors (Lipinski definition) is 2. The molecule has 0 aliphatic rings.